The second kappa shape index (κ2) is 7.50. The van der Waals surface area contributed by atoms with Gasteiger partial charge in [-0.05, 0) is 48.9 Å². The highest BCUT2D eigenvalue weighted by molar-refractivity contribution is 8.14. The molecule has 0 radical (unpaired) electrons. The molecule has 3 atom stereocenters. The van der Waals surface area contributed by atoms with Crippen LogP contribution in [0.2, 0.25) is 5.02 Å². The number of thioether (sulfide) groups is 1. The van der Waals surface area contributed by atoms with Crippen LogP contribution in [-0.2, 0) is 0 Å². The normalized spacial score (nSPS) is 23.3. The monoisotopic (exact) mass is 426 g/mol. The number of aromatic nitrogens is 2. The van der Waals surface area contributed by atoms with Gasteiger partial charge in [0.15, 0.2) is 5.17 Å². The van der Waals surface area contributed by atoms with Crippen LogP contribution < -0.4 is 0 Å². The molecule has 2 aliphatic heterocycles. The standard InChI is InChI=1S/C22H20ClFN4S/c1-2-14-13-29-22-26-20(18-6-3-4-10-25-18)21(28(14)22)19-7-5-11-27(19)15-8-9-17(24)16(23)12-15/h3-12,14,20-21H,2,13H2,1H3/t14-,20-,21+/m1/s1. The molecule has 2 aromatic heterocycles. The van der Waals surface area contributed by atoms with E-state index < -0.39 is 5.82 Å². The lowest BCUT2D eigenvalue weighted by Gasteiger charge is -2.32. The first-order valence-electron chi connectivity index (χ1n) is 9.70. The summed E-state index contributed by atoms with van der Waals surface area (Å²) in [6.07, 6.45) is 4.87. The number of benzene rings is 1. The molecule has 5 rings (SSSR count). The third-order valence-electron chi connectivity index (χ3n) is 5.59. The lowest BCUT2D eigenvalue weighted by Crippen LogP contribution is -2.36. The van der Waals surface area contributed by atoms with Gasteiger partial charge in [-0.15, -0.1) is 0 Å². The molecule has 3 aromatic rings. The van der Waals surface area contributed by atoms with E-state index >= 15 is 0 Å². The van der Waals surface area contributed by atoms with Crippen molar-refractivity contribution in [3.8, 4) is 5.69 Å². The van der Waals surface area contributed by atoms with Gasteiger partial charge >= 0.3 is 0 Å². The van der Waals surface area contributed by atoms with Gasteiger partial charge in [-0.1, -0.05) is 36.4 Å². The van der Waals surface area contributed by atoms with Gasteiger partial charge in [0, 0.05) is 35.6 Å². The van der Waals surface area contributed by atoms with E-state index in [1.807, 2.05) is 48.4 Å². The highest BCUT2D eigenvalue weighted by Crippen LogP contribution is 2.48. The maximum Gasteiger partial charge on any atom is 0.160 e. The molecule has 0 saturated carbocycles. The average Bonchev–Trinajstić information content (AvgIpc) is 3.45. The zero-order chi connectivity index (χ0) is 20.0. The van der Waals surface area contributed by atoms with Crippen molar-refractivity contribution in [2.45, 2.75) is 31.5 Å². The van der Waals surface area contributed by atoms with Crippen molar-refractivity contribution >= 4 is 28.5 Å². The van der Waals surface area contributed by atoms with Gasteiger partial charge in [0.05, 0.1) is 10.7 Å². The number of halogens is 2. The summed E-state index contributed by atoms with van der Waals surface area (Å²) in [5.74, 6) is 0.632. The maximum absolute atomic E-state index is 13.7. The maximum atomic E-state index is 13.7. The van der Waals surface area contributed by atoms with E-state index in [0.29, 0.717) is 6.04 Å². The third kappa shape index (κ3) is 3.15. The summed E-state index contributed by atoms with van der Waals surface area (Å²) in [6.45, 7) is 2.22. The van der Waals surface area contributed by atoms with Gasteiger partial charge in [-0.3, -0.25) is 9.98 Å². The number of amidine groups is 1. The number of pyridine rings is 1. The molecule has 1 fully saturated rings. The molecular formula is C22H20ClFN4S. The topological polar surface area (TPSA) is 33.4 Å². The SMILES string of the molecule is CC[C@@H]1CSC2=N[C@H](c3ccccn3)[C@H](c3cccn3-c3ccc(F)c(Cl)c3)N21. The molecule has 0 aliphatic carbocycles. The Balaban J connectivity index is 1.63. The number of aliphatic imine (C=N–C) groups is 1. The summed E-state index contributed by atoms with van der Waals surface area (Å²) in [5.41, 5.74) is 2.90. The smallest absolute Gasteiger partial charge is 0.160 e. The first kappa shape index (κ1) is 18.7. The Kier molecular flexibility index (Phi) is 4.84. The predicted molar refractivity (Wildman–Crippen MR) is 116 cm³/mol. The molecule has 0 spiro atoms. The van der Waals surface area contributed by atoms with Crippen molar-refractivity contribution in [1.82, 2.24) is 14.5 Å². The fraction of sp³-hybridized carbons (Fsp3) is 0.273. The van der Waals surface area contributed by atoms with Crippen LogP contribution in [0.1, 0.15) is 36.8 Å². The molecule has 4 heterocycles. The molecule has 0 unspecified atom stereocenters. The van der Waals surface area contributed by atoms with Crippen LogP contribution in [0, 0.1) is 5.82 Å². The predicted octanol–water partition coefficient (Wildman–Crippen LogP) is 5.64. The first-order chi connectivity index (χ1) is 14.2. The van der Waals surface area contributed by atoms with Crippen molar-refractivity contribution in [2.24, 2.45) is 4.99 Å². The number of fused-ring (bicyclic) bond motifs is 1. The lowest BCUT2D eigenvalue weighted by molar-refractivity contribution is 0.249. The Morgan fingerprint density at radius 3 is 2.86 bits per heavy atom. The molecule has 1 aromatic carbocycles. The Morgan fingerprint density at radius 1 is 1.21 bits per heavy atom. The van der Waals surface area contributed by atoms with Gasteiger partial charge < -0.3 is 9.47 Å². The van der Waals surface area contributed by atoms with Crippen LogP contribution in [0.3, 0.4) is 0 Å². The summed E-state index contributed by atoms with van der Waals surface area (Å²) < 4.78 is 15.8. The molecule has 2 aliphatic rings. The van der Waals surface area contributed by atoms with Crippen molar-refractivity contribution < 1.29 is 4.39 Å². The quantitative estimate of drug-likeness (QED) is 0.541. The zero-order valence-corrected chi connectivity index (χ0v) is 17.4. The Hall–Kier alpha value is -2.31. The lowest BCUT2D eigenvalue weighted by atomic mass is 9.99. The van der Waals surface area contributed by atoms with Crippen molar-refractivity contribution in [1.29, 1.82) is 0 Å². The third-order valence-corrected chi connectivity index (χ3v) is 7.01. The number of rotatable bonds is 4. The summed E-state index contributed by atoms with van der Waals surface area (Å²) >= 11 is 7.89. The minimum atomic E-state index is -0.413. The summed E-state index contributed by atoms with van der Waals surface area (Å²) in [4.78, 5) is 12.1. The number of nitrogens with zero attached hydrogens (tertiary/aromatic N) is 4. The van der Waals surface area contributed by atoms with Crippen LogP contribution in [0.4, 0.5) is 4.39 Å². The second-order valence-corrected chi connectivity index (χ2v) is 8.63. The van der Waals surface area contributed by atoms with E-state index in [9.17, 15) is 4.39 Å². The van der Waals surface area contributed by atoms with E-state index in [1.54, 1.807) is 12.1 Å². The molecule has 1 saturated heterocycles. The summed E-state index contributed by atoms with van der Waals surface area (Å²) in [6, 6.07) is 15.3. The Bertz CT molecular complexity index is 1070. The number of hydrogen-bond donors (Lipinski definition) is 0. The minimum Gasteiger partial charge on any atom is -0.337 e. The van der Waals surface area contributed by atoms with Crippen LogP contribution >= 0.6 is 23.4 Å². The van der Waals surface area contributed by atoms with Gasteiger partial charge in [0.1, 0.15) is 17.9 Å². The molecule has 0 bridgehead atoms. The van der Waals surface area contributed by atoms with Gasteiger partial charge in [0.25, 0.3) is 0 Å². The summed E-state index contributed by atoms with van der Waals surface area (Å²) in [7, 11) is 0. The van der Waals surface area contributed by atoms with Crippen LogP contribution in [0.5, 0.6) is 0 Å². The van der Waals surface area contributed by atoms with E-state index in [2.05, 4.69) is 27.4 Å². The van der Waals surface area contributed by atoms with E-state index in [-0.39, 0.29) is 17.1 Å². The minimum absolute atomic E-state index is 0.0266. The van der Waals surface area contributed by atoms with E-state index in [0.717, 1.165) is 34.4 Å². The average molecular weight is 427 g/mol. The highest BCUT2D eigenvalue weighted by atomic mass is 35.5. The first-order valence-corrected chi connectivity index (χ1v) is 11.1. The highest BCUT2D eigenvalue weighted by Gasteiger charge is 2.46. The molecule has 4 nitrogen and oxygen atoms in total. The van der Waals surface area contributed by atoms with E-state index in [4.69, 9.17) is 16.6 Å². The molecule has 0 N–H and O–H groups in total. The molecule has 7 heteroatoms. The van der Waals surface area contributed by atoms with Crippen molar-refractivity contribution in [3.05, 3.63) is 83.2 Å². The molecule has 29 heavy (non-hydrogen) atoms. The van der Waals surface area contributed by atoms with Crippen LogP contribution in [0.15, 0.2) is 65.9 Å². The zero-order valence-electron chi connectivity index (χ0n) is 15.9. The van der Waals surface area contributed by atoms with E-state index in [1.165, 1.54) is 6.07 Å². The fourth-order valence-corrected chi connectivity index (χ4v) is 5.69. The Labute approximate surface area is 178 Å². The van der Waals surface area contributed by atoms with Gasteiger partial charge in [-0.2, -0.15) is 0 Å². The van der Waals surface area contributed by atoms with Crippen LogP contribution in [0.25, 0.3) is 5.69 Å². The summed E-state index contributed by atoms with van der Waals surface area (Å²) in [5, 5.41) is 1.21. The largest absolute Gasteiger partial charge is 0.337 e. The van der Waals surface area contributed by atoms with Crippen molar-refractivity contribution in [2.75, 3.05) is 5.75 Å². The fourth-order valence-electron chi connectivity index (χ4n) is 4.18. The molecular weight excluding hydrogens is 407 g/mol. The molecule has 148 valence electrons. The Morgan fingerprint density at radius 2 is 2.10 bits per heavy atom. The van der Waals surface area contributed by atoms with Crippen molar-refractivity contribution in [3.63, 3.8) is 0 Å². The molecule has 0 amide bonds. The second-order valence-electron chi connectivity index (χ2n) is 7.24. The van der Waals surface area contributed by atoms with Crippen LogP contribution in [-0.4, -0.2) is 31.4 Å². The number of hydrogen-bond acceptors (Lipinski definition) is 4. The van der Waals surface area contributed by atoms with Gasteiger partial charge in [-0.25, -0.2) is 4.39 Å². The van der Waals surface area contributed by atoms with Gasteiger partial charge in [0.2, 0.25) is 0 Å².